The Morgan fingerprint density at radius 3 is 2.56 bits per heavy atom. The van der Waals surface area contributed by atoms with E-state index in [0.717, 1.165) is 12.8 Å². The van der Waals surface area contributed by atoms with Crippen molar-refractivity contribution in [1.82, 2.24) is 10.2 Å². The van der Waals surface area contributed by atoms with Gasteiger partial charge in [-0.1, -0.05) is 13.8 Å². The van der Waals surface area contributed by atoms with Gasteiger partial charge in [0.15, 0.2) is 0 Å². The van der Waals surface area contributed by atoms with Crippen molar-refractivity contribution in [2.45, 2.75) is 39.2 Å². The second-order valence-corrected chi connectivity index (χ2v) is 4.90. The Labute approximate surface area is 106 Å². The quantitative estimate of drug-likeness (QED) is 0.737. The van der Waals surface area contributed by atoms with Gasteiger partial charge in [-0.3, -0.25) is 9.59 Å². The van der Waals surface area contributed by atoms with E-state index in [0.29, 0.717) is 13.0 Å². The van der Waals surface area contributed by atoms with Crippen LogP contribution in [0, 0.1) is 5.92 Å². The molecular formula is C12H20N2O4. The van der Waals surface area contributed by atoms with Gasteiger partial charge in [0.1, 0.15) is 6.04 Å². The minimum Gasteiger partial charge on any atom is -0.480 e. The van der Waals surface area contributed by atoms with Crippen LogP contribution in [0.2, 0.25) is 0 Å². The molecule has 0 unspecified atom stereocenters. The smallest absolute Gasteiger partial charge is 0.326 e. The molecule has 0 bridgehead atoms. The number of rotatable bonds is 5. The lowest BCUT2D eigenvalue weighted by Crippen LogP contribution is -2.49. The maximum absolute atomic E-state index is 11.7. The lowest BCUT2D eigenvalue weighted by Gasteiger charge is -2.27. The van der Waals surface area contributed by atoms with Crippen molar-refractivity contribution in [2.75, 3.05) is 13.1 Å². The van der Waals surface area contributed by atoms with Crippen LogP contribution < -0.4 is 5.32 Å². The third-order valence-electron chi connectivity index (χ3n) is 3.01. The first-order valence-corrected chi connectivity index (χ1v) is 6.21. The fourth-order valence-corrected chi connectivity index (χ4v) is 1.93. The molecule has 0 spiro atoms. The maximum atomic E-state index is 11.7. The van der Waals surface area contributed by atoms with Gasteiger partial charge >= 0.3 is 5.97 Å². The molecule has 1 heterocycles. The summed E-state index contributed by atoms with van der Waals surface area (Å²) in [4.78, 5) is 35.6. The molecule has 1 rings (SSSR count). The standard InChI is InChI=1S/C12H20N2O4/c1-8(2)11(12(17)18)13-9(15)7-14-6-4-3-5-10(14)16/h8,11H,3-7H2,1-2H3,(H,13,15)(H,17,18)/t11-/m1/s1. The van der Waals surface area contributed by atoms with Crippen molar-refractivity contribution in [3.63, 3.8) is 0 Å². The number of nitrogens with one attached hydrogen (secondary N) is 1. The maximum Gasteiger partial charge on any atom is 0.326 e. The third kappa shape index (κ3) is 4.01. The van der Waals surface area contributed by atoms with Crippen LogP contribution in [0.5, 0.6) is 0 Å². The number of aliphatic carboxylic acids is 1. The highest BCUT2D eigenvalue weighted by Gasteiger charge is 2.26. The molecule has 6 nitrogen and oxygen atoms in total. The van der Waals surface area contributed by atoms with Gasteiger partial charge in [-0.15, -0.1) is 0 Å². The average Bonchev–Trinajstić information content (AvgIpc) is 2.28. The Balaban J connectivity index is 2.49. The lowest BCUT2D eigenvalue weighted by atomic mass is 10.0. The van der Waals surface area contributed by atoms with E-state index < -0.39 is 17.9 Å². The number of hydrogen-bond acceptors (Lipinski definition) is 3. The SMILES string of the molecule is CC(C)[C@@H](NC(=O)CN1CCCCC1=O)C(=O)O. The zero-order chi connectivity index (χ0) is 13.7. The van der Waals surface area contributed by atoms with Gasteiger partial charge in [0.25, 0.3) is 0 Å². The molecule has 1 atom stereocenters. The van der Waals surface area contributed by atoms with E-state index in [1.165, 1.54) is 4.90 Å². The molecule has 0 saturated carbocycles. The second-order valence-electron chi connectivity index (χ2n) is 4.90. The van der Waals surface area contributed by atoms with Gasteiger partial charge < -0.3 is 15.3 Å². The topological polar surface area (TPSA) is 86.7 Å². The van der Waals surface area contributed by atoms with Crippen LogP contribution in [0.4, 0.5) is 0 Å². The third-order valence-corrected chi connectivity index (χ3v) is 3.01. The van der Waals surface area contributed by atoms with Crippen molar-refractivity contribution < 1.29 is 19.5 Å². The Kier molecular flexibility index (Phi) is 5.12. The number of carboxylic acids is 1. The van der Waals surface area contributed by atoms with Crippen LogP contribution in [0.25, 0.3) is 0 Å². The minimum atomic E-state index is -1.05. The molecule has 6 heteroatoms. The summed E-state index contributed by atoms with van der Waals surface area (Å²) in [5.41, 5.74) is 0. The molecule has 1 aliphatic heterocycles. The van der Waals surface area contributed by atoms with E-state index in [9.17, 15) is 14.4 Å². The summed E-state index contributed by atoms with van der Waals surface area (Å²) in [5.74, 6) is -1.69. The van der Waals surface area contributed by atoms with Crippen molar-refractivity contribution in [3.05, 3.63) is 0 Å². The molecule has 0 aliphatic carbocycles. The zero-order valence-corrected chi connectivity index (χ0v) is 10.8. The molecule has 2 amide bonds. The fraction of sp³-hybridized carbons (Fsp3) is 0.750. The minimum absolute atomic E-state index is 0.0344. The number of hydrogen-bond donors (Lipinski definition) is 2. The summed E-state index contributed by atoms with van der Waals surface area (Å²) in [6.07, 6.45) is 2.23. The summed E-state index contributed by atoms with van der Waals surface area (Å²) in [6.45, 7) is 3.98. The van der Waals surface area contributed by atoms with Gasteiger partial charge in [0.2, 0.25) is 11.8 Å². The molecule has 0 aromatic carbocycles. The van der Waals surface area contributed by atoms with E-state index in [-0.39, 0.29) is 18.4 Å². The van der Waals surface area contributed by atoms with E-state index in [1.807, 2.05) is 0 Å². The molecule has 1 aliphatic rings. The Hall–Kier alpha value is -1.59. The molecule has 102 valence electrons. The number of carboxylic acid groups (broad SMARTS) is 1. The first kappa shape index (κ1) is 14.5. The number of carbonyl (C=O) groups is 3. The van der Waals surface area contributed by atoms with Gasteiger partial charge in [0.05, 0.1) is 6.54 Å². The average molecular weight is 256 g/mol. The number of likely N-dealkylation sites (tertiary alicyclic amines) is 1. The van der Waals surface area contributed by atoms with Crippen LogP contribution in [-0.4, -0.2) is 46.9 Å². The molecule has 1 fully saturated rings. The Morgan fingerprint density at radius 2 is 2.06 bits per heavy atom. The summed E-state index contributed by atoms with van der Waals surface area (Å²) in [6, 6.07) is -0.905. The highest BCUT2D eigenvalue weighted by Crippen LogP contribution is 2.10. The zero-order valence-electron chi connectivity index (χ0n) is 10.8. The number of amides is 2. The van der Waals surface area contributed by atoms with Gasteiger partial charge in [-0.2, -0.15) is 0 Å². The number of piperidine rings is 1. The van der Waals surface area contributed by atoms with Crippen molar-refractivity contribution in [1.29, 1.82) is 0 Å². The fourth-order valence-electron chi connectivity index (χ4n) is 1.93. The Bertz CT molecular complexity index is 341. The normalized spacial score (nSPS) is 17.7. The summed E-state index contributed by atoms with van der Waals surface area (Å²) in [7, 11) is 0. The van der Waals surface area contributed by atoms with Crippen molar-refractivity contribution in [3.8, 4) is 0 Å². The van der Waals surface area contributed by atoms with Crippen LogP contribution in [0.1, 0.15) is 33.1 Å². The van der Waals surface area contributed by atoms with Gasteiger partial charge in [-0.05, 0) is 18.8 Å². The van der Waals surface area contributed by atoms with E-state index in [4.69, 9.17) is 5.11 Å². The van der Waals surface area contributed by atoms with Crippen LogP contribution in [0.3, 0.4) is 0 Å². The molecule has 0 aromatic rings. The monoisotopic (exact) mass is 256 g/mol. The van der Waals surface area contributed by atoms with Crippen molar-refractivity contribution in [2.24, 2.45) is 5.92 Å². The van der Waals surface area contributed by atoms with Crippen LogP contribution >= 0.6 is 0 Å². The number of nitrogens with zero attached hydrogens (tertiary/aromatic N) is 1. The number of carbonyl (C=O) groups excluding carboxylic acids is 2. The highest BCUT2D eigenvalue weighted by molar-refractivity contribution is 5.88. The van der Waals surface area contributed by atoms with E-state index >= 15 is 0 Å². The summed E-state index contributed by atoms with van der Waals surface area (Å²) < 4.78 is 0. The molecule has 2 N–H and O–H groups in total. The summed E-state index contributed by atoms with van der Waals surface area (Å²) >= 11 is 0. The summed E-state index contributed by atoms with van der Waals surface area (Å²) in [5, 5.41) is 11.4. The molecule has 0 aromatic heterocycles. The first-order chi connectivity index (χ1) is 8.41. The first-order valence-electron chi connectivity index (χ1n) is 6.21. The molecule has 1 saturated heterocycles. The largest absolute Gasteiger partial charge is 0.480 e. The lowest BCUT2D eigenvalue weighted by molar-refractivity contribution is -0.144. The molecular weight excluding hydrogens is 236 g/mol. The van der Waals surface area contributed by atoms with E-state index in [1.54, 1.807) is 13.8 Å². The second kappa shape index (κ2) is 6.37. The van der Waals surface area contributed by atoms with Crippen molar-refractivity contribution >= 4 is 17.8 Å². The van der Waals surface area contributed by atoms with Crippen LogP contribution in [0.15, 0.2) is 0 Å². The molecule has 0 radical (unpaired) electrons. The van der Waals surface area contributed by atoms with Gasteiger partial charge in [0, 0.05) is 13.0 Å². The molecule has 18 heavy (non-hydrogen) atoms. The van der Waals surface area contributed by atoms with E-state index in [2.05, 4.69) is 5.32 Å². The van der Waals surface area contributed by atoms with Crippen LogP contribution in [-0.2, 0) is 14.4 Å². The Morgan fingerprint density at radius 1 is 1.39 bits per heavy atom. The predicted molar refractivity (Wildman–Crippen MR) is 64.8 cm³/mol. The highest BCUT2D eigenvalue weighted by atomic mass is 16.4. The van der Waals surface area contributed by atoms with Gasteiger partial charge in [-0.25, -0.2) is 4.79 Å². The predicted octanol–water partition coefficient (Wildman–Crippen LogP) is 0.224.